The summed E-state index contributed by atoms with van der Waals surface area (Å²) in [6, 6.07) is 13.3. The molecule has 142 valence electrons. The molecule has 0 amide bonds. The number of fused-ring (bicyclic) bond motifs is 1. The van der Waals surface area contributed by atoms with Crippen LogP contribution in [0.2, 0.25) is 10.0 Å². The van der Waals surface area contributed by atoms with Gasteiger partial charge in [0.1, 0.15) is 4.90 Å². The number of nitrogen functional groups attached to an aromatic ring is 1. The van der Waals surface area contributed by atoms with Crippen LogP contribution in [0, 0.1) is 0 Å². The van der Waals surface area contributed by atoms with E-state index in [4.69, 9.17) is 28.9 Å². The number of halogens is 2. The van der Waals surface area contributed by atoms with E-state index in [9.17, 15) is 8.42 Å². The fourth-order valence-corrected chi connectivity index (χ4v) is 4.53. The predicted octanol–water partition coefficient (Wildman–Crippen LogP) is 4.31. The molecule has 0 aliphatic carbocycles. The number of benzene rings is 2. The highest BCUT2D eigenvalue weighted by Gasteiger charge is 2.19. The summed E-state index contributed by atoms with van der Waals surface area (Å²) in [4.78, 5) is 4.23. The summed E-state index contributed by atoms with van der Waals surface area (Å²) in [5.74, 6) is 0.430. The Morgan fingerprint density at radius 2 is 1.89 bits per heavy atom. The van der Waals surface area contributed by atoms with E-state index < -0.39 is 10.0 Å². The minimum Gasteiger partial charge on any atom is -0.382 e. The molecule has 0 fully saturated rings. The summed E-state index contributed by atoms with van der Waals surface area (Å²) in [6.07, 6.45) is 1.43. The topological polar surface area (TPSA) is 114 Å². The zero-order chi connectivity index (χ0) is 19.9. The molecule has 0 bridgehead atoms. The number of hydrogen-bond donors (Lipinski definition) is 3. The normalized spacial score (nSPS) is 11.6. The van der Waals surface area contributed by atoms with Crippen molar-refractivity contribution in [1.29, 1.82) is 0 Å². The average Bonchev–Trinajstić information content (AvgIpc) is 3.04. The van der Waals surface area contributed by atoms with Crippen molar-refractivity contribution < 1.29 is 8.42 Å². The summed E-state index contributed by atoms with van der Waals surface area (Å²) < 4.78 is 27.6. The lowest BCUT2D eigenvalue weighted by Crippen LogP contribution is -2.13. The molecule has 0 aliphatic rings. The molecule has 28 heavy (non-hydrogen) atoms. The van der Waals surface area contributed by atoms with Gasteiger partial charge in [0.2, 0.25) is 0 Å². The first-order valence-electron chi connectivity index (χ1n) is 8.02. The van der Waals surface area contributed by atoms with Crippen LogP contribution in [-0.2, 0) is 10.0 Å². The van der Waals surface area contributed by atoms with E-state index in [1.807, 2.05) is 18.2 Å². The molecule has 4 aromatic rings. The number of rotatable bonds is 4. The number of anilines is 2. The Bertz CT molecular complexity index is 1290. The maximum absolute atomic E-state index is 12.6. The molecule has 0 spiro atoms. The van der Waals surface area contributed by atoms with E-state index in [0.717, 1.165) is 16.5 Å². The zero-order valence-corrected chi connectivity index (χ0v) is 16.5. The lowest BCUT2D eigenvalue weighted by molar-refractivity contribution is 0.601. The van der Waals surface area contributed by atoms with Gasteiger partial charge in [0, 0.05) is 10.9 Å². The highest BCUT2D eigenvalue weighted by molar-refractivity contribution is 7.92. The van der Waals surface area contributed by atoms with Gasteiger partial charge in [0.25, 0.3) is 10.0 Å². The fourth-order valence-electron chi connectivity index (χ4n) is 2.73. The number of nitrogens with one attached hydrogen (secondary N) is 2. The third-order valence-electron chi connectivity index (χ3n) is 4.11. The molecule has 0 atom stereocenters. The van der Waals surface area contributed by atoms with Crippen molar-refractivity contribution in [2.75, 3.05) is 10.5 Å². The number of aromatic nitrogens is 3. The molecule has 2 aromatic heterocycles. The summed E-state index contributed by atoms with van der Waals surface area (Å²) >= 11 is 11.9. The lowest BCUT2D eigenvalue weighted by Gasteiger charge is -2.10. The maximum Gasteiger partial charge on any atom is 0.263 e. The molecular formula is C18H13Cl2N5O2S. The van der Waals surface area contributed by atoms with Gasteiger partial charge in [-0.15, -0.1) is 0 Å². The van der Waals surface area contributed by atoms with Gasteiger partial charge < -0.3 is 5.73 Å². The molecule has 7 nitrogen and oxygen atoms in total. The molecule has 4 rings (SSSR count). The molecular weight excluding hydrogens is 421 g/mol. The van der Waals surface area contributed by atoms with Crippen molar-refractivity contribution in [3.8, 4) is 11.3 Å². The third kappa shape index (κ3) is 3.37. The second-order valence-electron chi connectivity index (χ2n) is 5.96. The number of sulfonamides is 1. The summed E-state index contributed by atoms with van der Waals surface area (Å²) in [5, 5.41) is 7.76. The van der Waals surface area contributed by atoms with Gasteiger partial charge in [-0.3, -0.25) is 14.8 Å². The molecule has 0 aliphatic heterocycles. The van der Waals surface area contributed by atoms with E-state index in [2.05, 4.69) is 19.9 Å². The second kappa shape index (κ2) is 6.97. The monoisotopic (exact) mass is 433 g/mol. The minimum absolute atomic E-state index is 0.0339. The first-order valence-corrected chi connectivity index (χ1v) is 10.3. The van der Waals surface area contributed by atoms with Crippen molar-refractivity contribution in [2.24, 2.45) is 0 Å². The number of pyridine rings is 1. The van der Waals surface area contributed by atoms with Gasteiger partial charge in [-0.1, -0.05) is 35.3 Å². The number of hydrogen-bond acceptors (Lipinski definition) is 5. The van der Waals surface area contributed by atoms with Crippen molar-refractivity contribution >= 4 is 55.6 Å². The van der Waals surface area contributed by atoms with Crippen LogP contribution >= 0.6 is 23.2 Å². The second-order valence-corrected chi connectivity index (χ2v) is 8.39. The summed E-state index contributed by atoms with van der Waals surface area (Å²) in [6.45, 7) is 0. The number of nitrogens with zero attached hydrogens (tertiary/aromatic N) is 2. The minimum atomic E-state index is -3.90. The lowest BCUT2D eigenvalue weighted by atomic mass is 10.1. The van der Waals surface area contributed by atoms with Crippen molar-refractivity contribution in [3.63, 3.8) is 0 Å². The van der Waals surface area contributed by atoms with Crippen LogP contribution in [-0.4, -0.2) is 23.6 Å². The highest BCUT2D eigenvalue weighted by Crippen LogP contribution is 2.30. The molecule has 10 heteroatoms. The molecule has 4 N–H and O–H groups in total. The predicted molar refractivity (Wildman–Crippen MR) is 111 cm³/mol. The van der Waals surface area contributed by atoms with E-state index in [1.165, 1.54) is 24.4 Å². The Morgan fingerprint density at radius 3 is 2.64 bits per heavy atom. The van der Waals surface area contributed by atoms with Crippen molar-refractivity contribution in [3.05, 3.63) is 64.8 Å². The van der Waals surface area contributed by atoms with Gasteiger partial charge in [0.15, 0.2) is 5.82 Å². The quantitative estimate of drug-likeness (QED) is 0.443. The van der Waals surface area contributed by atoms with Gasteiger partial charge in [0.05, 0.1) is 33.1 Å². The number of H-pyrrole nitrogens is 1. The Hall–Kier alpha value is -2.81. The Morgan fingerprint density at radius 1 is 1.07 bits per heavy atom. The Kier molecular flexibility index (Phi) is 4.62. The Balaban J connectivity index is 1.61. The van der Waals surface area contributed by atoms with E-state index in [-0.39, 0.29) is 14.9 Å². The third-order valence-corrected chi connectivity index (χ3v) is 6.46. The molecule has 2 heterocycles. The Labute approximate surface area is 170 Å². The molecule has 0 saturated carbocycles. The molecule has 0 unspecified atom stereocenters. The van der Waals surface area contributed by atoms with Gasteiger partial charge >= 0.3 is 0 Å². The van der Waals surface area contributed by atoms with Gasteiger partial charge in [-0.2, -0.15) is 5.10 Å². The summed E-state index contributed by atoms with van der Waals surface area (Å²) in [5.41, 5.74) is 8.36. The van der Waals surface area contributed by atoms with Crippen LogP contribution in [0.5, 0.6) is 0 Å². The van der Waals surface area contributed by atoms with E-state index in [0.29, 0.717) is 17.2 Å². The van der Waals surface area contributed by atoms with E-state index >= 15 is 0 Å². The van der Waals surface area contributed by atoms with Gasteiger partial charge in [-0.25, -0.2) is 8.42 Å². The smallest absolute Gasteiger partial charge is 0.263 e. The first-order chi connectivity index (χ1) is 13.3. The average molecular weight is 434 g/mol. The van der Waals surface area contributed by atoms with Crippen molar-refractivity contribution in [1.82, 2.24) is 15.2 Å². The highest BCUT2D eigenvalue weighted by atomic mass is 35.5. The summed E-state index contributed by atoms with van der Waals surface area (Å²) in [7, 11) is -3.90. The van der Waals surface area contributed by atoms with Gasteiger partial charge in [-0.05, 0) is 36.4 Å². The zero-order valence-electron chi connectivity index (χ0n) is 14.1. The van der Waals surface area contributed by atoms with Crippen molar-refractivity contribution in [2.45, 2.75) is 4.90 Å². The maximum atomic E-state index is 12.6. The van der Waals surface area contributed by atoms with Crippen LogP contribution in [0.25, 0.3) is 22.2 Å². The standard InChI is InChI=1S/C18H13Cl2N5O2S/c19-13-2-1-3-16(17(13)20)28(26,27)25-11-5-7-14(22-9-11)10-4-6-12-15(8-10)23-24-18(12)21/h1-9,25H,(H3,21,23,24). The molecule has 0 radical (unpaired) electrons. The van der Waals surface area contributed by atoms with Crippen LogP contribution in [0.3, 0.4) is 0 Å². The van der Waals surface area contributed by atoms with Crippen LogP contribution in [0.15, 0.2) is 59.6 Å². The van der Waals surface area contributed by atoms with Crippen LogP contribution in [0.1, 0.15) is 0 Å². The number of nitrogens with two attached hydrogens (primary N) is 1. The van der Waals surface area contributed by atoms with Crippen LogP contribution in [0.4, 0.5) is 11.5 Å². The van der Waals surface area contributed by atoms with E-state index in [1.54, 1.807) is 12.1 Å². The SMILES string of the molecule is Nc1n[nH]c2cc(-c3ccc(NS(=O)(=O)c4cccc(Cl)c4Cl)cn3)ccc12. The molecule has 0 saturated heterocycles. The fraction of sp³-hybridized carbons (Fsp3) is 0. The number of aromatic amines is 1. The first kappa shape index (κ1) is 18.5. The molecule has 2 aromatic carbocycles. The van der Waals surface area contributed by atoms with Crippen LogP contribution < -0.4 is 10.5 Å². The largest absolute Gasteiger partial charge is 0.382 e.